The van der Waals surface area contributed by atoms with E-state index in [9.17, 15) is 27.6 Å². The minimum atomic E-state index is -4.74. The number of esters is 2. The van der Waals surface area contributed by atoms with Crippen molar-refractivity contribution < 1.29 is 37.0 Å². The second-order valence-electron chi connectivity index (χ2n) is 5.33. The smallest absolute Gasteiger partial charge is 0.434 e. The van der Waals surface area contributed by atoms with Crippen molar-refractivity contribution in [3.8, 4) is 0 Å². The maximum atomic E-state index is 13.1. The van der Waals surface area contributed by atoms with Gasteiger partial charge < -0.3 is 14.8 Å². The van der Waals surface area contributed by atoms with Crippen LogP contribution in [0.4, 0.5) is 18.2 Å². The molecule has 0 aliphatic rings. The number of ether oxygens (including phenoxy) is 2. The van der Waals surface area contributed by atoms with E-state index in [1.165, 1.54) is 6.92 Å². The van der Waals surface area contributed by atoms with Crippen LogP contribution in [0.2, 0.25) is 0 Å². The van der Waals surface area contributed by atoms with E-state index < -0.39 is 39.9 Å². The molecule has 28 heavy (non-hydrogen) atoms. The summed E-state index contributed by atoms with van der Waals surface area (Å²) in [5.74, 6) is -2.59. The fourth-order valence-corrected chi connectivity index (χ4v) is 4.20. The summed E-state index contributed by atoms with van der Waals surface area (Å²) in [6.45, 7) is 1.45. The van der Waals surface area contributed by atoms with Crippen LogP contribution in [0.5, 0.6) is 0 Å². The Kier molecular flexibility index (Phi) is 6.18. The lowest BCUT2D eigenvalue weighted by molar-refractivity contribution is -0.144. The Labute approximate surface area is 168 Å². The van der Waals surface area contributed by atoms with E-state index in [0.29, 0.717) is 4.68 Å². The number of nitrogens with zero attached hydrogens (tertiary/aromatic N) is 2. The highest BCUT2D eigenvalue weighted by Crippen LogP contribution is 2.38. The molecule has 0 atom stereocenters. The van der Waals surface area contributed by atoms with Gasteiger partial charge in [0, 0.05) is 7.05 Å². The first-order chi connectivity index (χ1) is 12.9. The van der Waals surface area contributed by atoms with Gasteiger partial charge in [0.05, 0.1) is 24.3 Å². The van der Waals surface area contributed by atoms with Gasteiger partial charge in [-0.15, -0.1) is 11.3 Å². The number of aryl methyl sites for hydroxylation is 1. The SMILES string of the molecule is COC(=O)c1sc(NC(=O)c2nn(C)c(C(F)(F)F)c2Br)c(C(=O)OC)c1C. The van der Waals surface area contributed by atoms with Crippen molar-refractivity contribution in [1.82, 2.24) is 9.78 Å². The number of rotatable bonds is 4. The van der Waals surface area contributed by atoms with E-state index >= 15 is 0 Å². The Morgan fingerprint density at radius 2 is 1.75 bits per heavy atom. The molecular formula is C15H13BrF3N3O5S. The molecule has 0 aromatic carbocycles. The first-order valence-electron chi connectivity index (χ1n) is 7.35. The van der Waals surface area contributed by atoms with E-state index in [1.807, 2.05) is 0 Å². The zero-order chi connectivity index (χ0) is 21.4. The quantitative estimate of drug-likeness (QED) is 0.669. The number of hydrogen-bond donors (Lipinski definition) is 1. The zero-order valence-corrected chi connectivity index (χ0v) is 17.3. The predicted octanol–water partition coefficient (Wildman–Crippen LogP) is 3.40. The fourth-order valence-electron chi connectivity index (χ4n) is 2.35. The first-order valence-corrected chi connectivity index (χ1v) is 8.96. The summed E-state index contributed by atoms with van der Waals surface area (Å²) in [7, 11) is 3.28. The molecule has 13 heteroatoms. The van der Waals surface area contributed by atoms with E-state index in [1.54, 1.807) is 0 Å². The number of halogens is 4. The molecule has 0 radical (unpaired) electrons. The summed E-state index contributed by atoms with van der Waals surface area (Å²) >= 11 is 3.47. The van der Waals surface area contributed by atoms with Crippen molar-refractivity contribution in [3.63, 3.8) is 0 Å². The average molecular weight is 484 g/mol. The highest BCUT2D eigenvalue weighted by Gasteiger charge is 2.40. The molecule has 0 aliphatic heterocycles. The molecule has 2 aromatic heterocycles. The van der Waals surface area contributed by atoms with Gasteiger partial charge in [0.1, 0.15) is 9.88 Å². The average Bonchev–Trinajstić information content (AvgIpc) is 3.09. The number of carbonyl (C=O) groups excluding carboxylic acids is 3. The van der Waals surface area contributed by atoms with Gasteiger partial charge in [0.25, 0.3) is 5.91 Å². The molecule has 152 valence electrons. The summed E-state index contributed by atoms with van der Waals surface area (Å²) in [5.41, 5.74) is -1.60. The number of alkyl halides is 3. The Bertz CT molecular complexity index is 967. The number of amides is 1. The molecule has 2 aromatic rings. The van der Waals surface area contributed by atoms with Crippen LogP contribution < -0.4 is 5.32 Å². The molecule has 1 N–H and O–H groups in total. The minimum Gasteiger partial charge on any atom is -0.465 e. The summed E-state index contributed by atoms with van der Waals surface area (Å²) in [4.78, 5) is 36.5. The maximum absolute atomic E-state index is 13.1. The molecule has 2 rings (SSSR count). The summed E-state index contributed by atoms with van der Waals surface area (Å²) in [6, 6.07) is 0. The third-order valence-corrected chi connectivity index (χ3v) is 5.55. The number of anilines is 1. The van der Waals surface area contributed by atoms with Crippen LogP contribution >= 0.6 is 27.3 Å². The van der Waals surface area contributed by atoms with Crippen LogP contribution in [0, 0.1) is 6.92 Å². The second kappa shape index (κ2) is 7.91. The first kappa shape index (κ1) is 21.9. The van der Waals surface area contributed by atoms with Gasteiger partial charge in [-0.25, -0.2) is 9.59 Å². The predicted molar refractivity (Wildman–Crippen MR) is 95.6 cm³/mol. The van der Waals surface area contributed by atoms with E-state index in [-0.39, 0.29) is 21.0 Å². The molecule has 0 bridgehead atoms. The van der Waals surface area contributed by atoms with Gasteiger partial charge in [-0.2, -0.15) is 18.3 Å². The number of carbonyl (C=O) groups is 3. The van der Waals surface area contributed by atoms with Crippen molar-refractivity contribution in [2.45, 2.75) is 13.1 Å². The molecule has 8 nitrogen and oxygen atoms in total. The largest absolute Gasteiger partial charge is 0.465 e. The molecule has 0 saturated heterocycles. The van der Waals surface area contributed by atoms with Crippen LogP contribution in [-0.4, -0.2) is 41.8 Å². The second-order valence-corrected chi connectivity index (χ2v) is 7.14. The third kappa shape index (κ3) is 3.90. The monoisotopic (exact) mass is 483 g/mol. The minimum absolute atomic E-state index is 0.0364. The van der Waals surface area contributed by atoms with Gasteiger partial charge in [0.2, 0.25) is 0 Å². The Morgan fingerprint density at radius 1 is 1.18 bits per heavy atom. The van der Waals surface area contributed by atoms with Crippen LogP contribution in [0.1, 0.15) is 41.8 Å². The summed E-state index contributed by atoms with van der Waals surface area (Å²) < 4.78 is 48.5. The fraction of sp³-hybridized carbons (Fsp3) is 0.333. The van der Waals surface area contributed by atoms with Crippen molar-refractivity contribution in [3.05, 3.63) is 31.9 Å². The van der Waals surface area contributed by atoms with Crippen LogP contribution in [0.15, 0.2) is 4.47 Å². The van der Waals surface area contributed by atoms with Gasteiger partial charge in [-0.3, -0.25) is 9.48 Å². The molecule has 2 heterocycles. The van der Waals surface area contributed by atoms with E-state index in [0.717, 1.165) is 32.6 Å². The zero-order valence-electron chi connectivity index (χ0n) is 14.9. The van der Waals surface area contributed by atoms with Crippen LogP contribution in [-0.2, 0) is 22.7 Å². The van der Waals surface area contributed by atoms with Crippen molar-refractivity contribution in [2.24, 2.45) is 7.05 Å². The van der Waals surface area contributed by atoms with Crippen molar-refractivity contribution in [1.29, 1.82) is 0 Å². The molecular weight excluding hydrogens is 471 g/mol. The van der Waals surface area contributed by atoms with Crippen molar-refractivity contribution >= 4 is 50.1 Å². The highest BCUT2D eigenvalue weighted by atomic mass is 79.9. The van der Waals surface area contributed by atoms with Gasteiger partial charge in [0.15, 0.2) is 11.4 Å². The molecule has 0 spiro atoms. The molecule has 0 aliphatic carbocycles. The van der Waals surface area contributed by atoms with Crippen LogP contribution in [0.3, 0.4) is 0 Å². The lowest BCUT2D eigenvalue weighted by Gasteiger charge is -2.06. The Hall–Kier alpha value is -2.41. The number of thiophene rings is 1. The highest BCUT2D eigenvalue weighted by molar-refractivity contribution is 9.10. The summed E-state index contributed by atoms with van der Waals surface area (Å²) in [5, 5.41) is 5.81. The normalized spacial score (nSPS) is 11.3. The molecule has 0 fully saturated rings. The van der Waals surface area contributed by atoms with Gasteiger partial charge in [-0.1, -0.05) is 0 Å². The Balaban J connectivity index is 2.50. The van der Waals surface area contributed by atoms with Crippen molar-refractivity contribution in [2.75, 3.05) is 19.5 Å². The van der Waals surface area contributed by atoms with E-state index in [4.69, 9.17) is 0 Å². The topological polar surface area (TPSA) is 99.5 Å². The number of methoxy groups -OCH3 is 2. The van der Waals surface area contributed by atoms with Gasteiger partial charge >= 0.3 is 18.1 Å². The maximum Gasteiger partial charge on any atom is 0.434 e. The standard InChI is InChI=1S/C15H13BrF3N3O5S/c1-5-6(13(24)26-3)12(28-9(5)14(25)27-4)20-11(23)8-7(16)10(15(17,18)19)22(2)21-8/h1-4H3,(H,20,23). The number of aromatic nitrogens is 2. The molecule has 0 unspecified atom stereocenters. The number of nitrogens with one attached hydrogen (secondary N) is 1. The Morgan fingerprint density at radius 3 is 2.21 bits per heavy atom. The lowest BCUT2D eigenvalue weighted by atomic mass is 10.1. The lowest BCUT2D eigenvalue weighted by Crippen LogP contribution is -2.15. The van der Waals surface area contributed by atoms with Crippen LogP contribution in [0.25, 0.3) is 0 Å². The summed E-state index contributed by atoms with van der Waals surface area (Å²) in [6.07, 6.45) is -4.74. The van der Waals surface area contributed by atoms with E-state index in [2.05, 4.69) is 35.8 Å². The van der Waals surface area contributed by atoms with Gasteiger partial charge in [-0.05, 0) is 28.4 Å². The molecule has 1 amide bonds. The number of hydrogen-bond acceptors (Lipinski definition) is 7. The molecule has 0 saturated carbocycles. The third-order valence-electron chi connectivity index (χ3n) is 3.61.